The molecule has 0 amide bonds. The molecular formula is C19H32BN3O5S. The molecule has 0 saturated carbocycles. The molecule has 0 unspecified atom stereocenters. The van der Waals surface area contributed by atoms with Crippen LogP contribution in [0.5, 0.6) is 0 Å². The number of nitrogens with zero attached hydrogens (tertiary/aromatic N) is 3. The molecule has 1 aromatic heterocycles. The van der Waals surface area contributed by atoms with Crippen LogP contribution in [-0.4, -0.2) is 78.7 Å². The lowest BCUT2D eigenvalue weighted by Crippen LogP contribution is -2.41. The Labute approximate surface area is 174 Å². The second-order valence-electron chi connectivity index (χ2n) is 9.00. The number of hydrogen-bond donors (Lipinski definition) is 1. The first-order chi connectivity index (χ1) is 13.5. The van der Waals surface area contributed by atoms with Crippen LogP contribution in [-0.2, 0) is 19.1 Å². The normalized spacial score (nSPS) is 22.9. The highest BCUT2D eigenvalue weighted by Crippen LogP contribution is 2.36. The summed E-state index contributed by atoms with van der Waals surface area (Å²) < 4.78 is 37.2. The van der Waals surface area contributed by atoms with Crippen molar-refractivity contribution in [1.29, 1.82) is 0 Å². The van der Waals surface area contributed by atoms with E-state index in [-0.39, 0.29) is 17.5 Å². The third-order valence-electron chi connectivity index (χ3n) is 6.37. The highest BCUT2D eigenvalue weighted by atomic mass is 32.2. The summed E-state index contributed by atoms with van der Waals surface area (Å²) >= 11 is 0. The van der Waals surface area contributed by atoms with E-state index in [4.69, 9.17) is 14.4 Å². The highest BCUT2D eigenvalue weighted by Gasteiger charge is 2.52. The Balaban J connectivity index is 1.57. The molecular weight excluding hydrogens is 393 g/mol. The number of aliphatic hydroxyl groups excluding tert-OH is 1. The van der Waals surface area contributed by atoms with E-state index in [1.807, 2.05) is 27.7 Å². The molecule has 0 aromatic carbocycles. The second-order valence-corrected chi connectivity index (χ2v) is 11.0. The zero-order chi connectivity index (χ0) is 21.3. The molecule has 0 atom stereocenters. The van der Waals surface area contributed by atoms with Gasteiger partial charge in [-0.3, -0.25) is 0 Å². The van der Waals surface area contributed by atoms with Crippen molar-refractivity contribution in [1.82, 2.24) is 14.9 Å². The largest absolute Gasteiger partial charge is 0.498 e. The Hall–Kier alpha value is -1.07. The molecule has 2 aliphatic rings. The molecule has 162 valence electrons. The summed E-state index contributed by atoms with van der Waals surface area (Å²) in [6.07, 6.45) is 5.48. The maximum absolute atomic E-state index is 12.6. The number of aromatic nitrogens is 2. The van der Waals surface area contributed by atoms with Gasteiger partial charge in [-0.2, -0.15) is 0 Å². The van der Waals surface area contributed by atoms with Crippen LogP contribution in [0.4, 0.5) is 0 Å². The quantitative estimate of drug-likeness (QED) is 0.502. The fourth-order valence-electron chi connectivity index (χ4n) is 3.64. The van der Waals surface area contributed by atoms with Gasteiger partial charge in [0.1, 0.15) is 0 Å². The molecule has 8 nitrogen and oxygen atoms in total. The first kappa shape index (κ1) is 22.6. The highest BCUT2D eigenvalue weighted by molar-refractivity contribution is 7.91. The Morgan fingerprint density at radius 1 is 1.14 bits per heavy atom. The standard InChI is InChI=1S/C19H32BN3O5S/c1-18(2)19(3,4)28-20(27-18)16-13-21-17(22-14-16)29(25,26)12-7-15-5-8-23(9-6-15)10-11-24/h13-15,24H,5-12H2,1-4H3. The molecule has 2 aliphatic heterocycles. The topological polar surface area (TPSA) is 102 Å². The number of hydrogen-bond acceptors (Lipinski definition) is 8. The summed E-state index contributed by atoms with van der Waals surface area (Å²) in [6, 6.07) is 0. The molecule has 1 N–H and O–H groups in total. The van der Waals surface area contributed by atoms with Crippen LogP contribution in [0.1, 0.15) is 47.0 Å². The van der Waals surface area contributed by atoms with Gasteiger partial charge in [0.05, 0.1) is 23.6 Å². The molecule has 3 heterocycles. The maximum atomic E-state index is 12.6. The number of β-amino-alcohol motifs (C(OH)–C–C–N with tert-alkyl or cyclic N) is 1. The van der Waals surface area contributed by atoms with Gasteiger partial charge >= 0.3 is 7.12 Å². The first-order valence-electron chi connectivity index (χ1n) is 10.3. The van der Waals surface area contributed by atoms with Crippen LogP contribution in [0.15, 0.2) is 17.6 Å². The third-order valence-corrected chi connectivity index (χ3v) is 7.91. The van der Waals surface area contributed by atoms with Crippen molar-refractivity contribution < 1.29 is 22.8 Å². The molecule has 3 rings (SSSR count). The molecule has 10 heteroatoms. The average molecular weight is 425 g/mol. The summed E-state index contributed by atoms with van der Waals surface area (Å²) in [7, 11) is -4.14. The van der Waals surface area contributed by atoms with Crippen molar-refractivity contribution in [2.45, 2.75) is 63.3 Å². The molecule has 0 spiro atoms. The average Bonchev–Trinajstić information content (AvgIpc) is 2.89. The van der Waals surface area contributed by atoms with Crippen LogP contribution >= 0.6 is 0 Å². The van der Waals surface area contributed by atoms with Crippen molar-refractivity contribution in [3.63, 3.8) is 0 Å². The van der Waals surface area contributed by atoms with Gasteiger partial charge in [0.15, 0.2) is 0 Å². The fraction of sp³-hybridized carbons (Fsp3) is 0.789. The minimum absolute atomic E-state index is 0.0491. The molecule has 0 aliphatic carbocycles. The van der Waals surface area contributed by atoms with Crippen molar-refractivity contribution in [3.8, 4) is 0 Å². The van der Waals surface area contributed by atoms with E-state index in [9.17, 15) is 8.42 Å². The van der Waals surface area contributed by atoms with E-state index in [1.54, 1.807) is 0 Å². The zero-order valence-corrected chi connectivity index (χ0v) is 18.6. The summed E-state index contributed by atoms with van der Waals surface area (Å²) in [5.74, 6) is 0.428. The number of aliphatic hydroxyl groups is 1. The van der Waals surface area contributed by atoms with Crippen molar-refractivity contribution >= 4 is 22.4 Å². The SMILES string of the molecule is CC1(C)OB(c2cnc(S(=O)(=O)CCC3CCN(CCO)CC3)nc2)OC1(C)C. The van der Waals surface area contributed by atoms with Crippen LogP contribution in [0.2, 0.25) is 0 Å². The second kappa shape index (κ2) is 8.59. The van der Waals surface area contributed by atoms with E-state index in [2.05, 4.69) is 14.9 Å². The monoisotopic (exact) mass is 425 g/mol. The van der Waals surface area contributed by atoms with Gasteiger partial charge in [-0.05, 0) is 66.0 Å². The minimum atomic E-state index is -3.53. The van der Waals surface area contributed by atoms with Gasteiger partial charge in [-0.15, -0.1) is 0 Å². The summed E-state index contributed by atoms with van der Waals surface area (Å²) in [5, 5.41) is 8.87. The lowest BCUT2D eigenvalue weighted by atomic mass is 9.81. The number of sulfone groups is 1. The van der Waals surface area contributed by atoms with Crippen LogP contribution < -0.4 is 5.46 Å². The van der Waals surface area contributed by atoms with Crippen molar-refractivity contribution in [2.24, 2.45) is 5.92 Å². The minimum Gasteiger partial charge on any atom is -0.399 e. The predicted molar refractivity (Wildman–Crippen MR) is 111 cm³/mol. The number of piperidine rings is 1. The van der Waals surface area contributed by atoms with Gasteiger partial charge < -0.3 is 19.3 Å². The summed E-state index contributed by atoms with van der Waals surface area (Å²) in [6.45, 7) is 10.5. The first-order valence-corrected chi connectivity index (χ1v) is 11.9. The predicted octanol–water partition coefficient (Wildman–Crippen LogP) is 0.644. The Kier molecular flexibility index (Phi) is 6.70. The Morgan fingerprint density at radius 2 is 1.69 bits per heavy atom. The molecule has 0 radical (unpaired) electrons. The molecule has 2 fully saturated rings. The summed E-state index contributed by atoms with van der Waals surface area (Å²) in [4.78, 5) is 10.4. The van der Waals surface area contributed by atoms with Gasteiger partial charge in [-0.1, -0.05) is 0 Å². The van der Waals surface area contributed by atoms with E-state index in [1.165, 1.54) is 12.4 Å². The van der Waals surface area contributed by atoms with Gasteiger partial charge in [0.2, 0.25) is 15.0 Å². The number of likely N-dealkylation sites (tertiary alicyclic amines) is 1. The van der Waals surface area contributed by atoms with Crippen LogP contribution in [0.25, 0.3) is 0 Å². The van der Waals surface area contributed by atoms with E-state index in [0.717, 1.165) is 25.9 Å². The van der Waals surface area contributed by atoms with E-state index in [0.29, 0.717) is 24.3 Å². The maximum Gasteiger partial charge on any atom is 0.498 e. The number of rotatable bonds is 7. The van der Waals surface area contributed by atoms with Crippen LogP contribution in [0.3, 0.4) is 0 Å². The van der Waals surface area contributed by atoms with Gasteiger partial charge in [0, 0.05) is 24.4 Å². The molecule has 1 aromatic rings. The van der Waals surface area contributed by atoms with Gasteiger partial charge in [0.25, 0.3) is 0 Å². The smallest absolute Gasteiger partial charge is 0.399 e. The lowest BCUT2D eigenvalue weighted by Gasteiger charge is -2.32. The Morgan fingerprint density at radius 3 is 2.21 bits per heavy atom. The fourth-order valence-corrected chi connectivity index (χ4v) is 4.89. The van der Waals surface area contributed by atoms with E-state index < -0.39 is 28.2 Å². The van der Waals surface area contributed by atoms with Crippen molar-refractivity contribution in [2.75, 3.05) is 32.0 Å². The summed E-state index contributed by atoms with van der Waals surface area (Å²) in [5.41, 5.74) is -0.344. The third kappa shape index (κ3) is 5.17. The molecule has 0 bridgehead atoms. The van der Waals surface area contributed by atoms with Crippen LogP contribution in [0, 0.1) is 5.92 Å². The van der Waals surface area contributed by atoms with E-state index >= 15 is 0 Å². The lowest BCUT2D eigenvalue weighted by molar-refractivity contribution is 0.00578. The van der Waals surface area contributed by atoms with Crippen molar-refractivity contribution in [3.05, 3.63) is 12.4 Å². The Bertz CT molecular complexity index is 777. The molecule has 2 saturated heterocycles. The van der Waals surface area contributed by atoms with Gasteiger partial charge in [-0.25, -0.2) is 18.4 Å². The molecule has 29 heavy (non-hydrogen) atoms. The zero-order valence-electron chi connectivity index (χ0n) is 17.8.